The Morgan fingerprint density at radius 3 is 2.38 bits per heavy atom. The molecule has 29 heavy (non-hydrogen) atoms. The number of nitrogens with zero attached hydrogens (tertiary/aromatic N) is 1. The summed E-state index contributed by atoms with van der Waals surface area (Å²) in [5.41, 5.74) is 3.84. The minimum absolute atomic E-state index is 0.108. The van der Waals surface area contributed by atoms with E-state index in [-0.39, 0.29) is 12.1 Å². The van der Waals surface area contributed by atoms with Crippen LogP contribution >= 0.6 is 0 Å². The Hall–Kier alpha value is -2.85. The zero-order valence-electron chi connectivity index (χ0n) is 17.6. The van der Waals surface area contributed by atoms with Crippen LogP contribution < -0.4 is 10.6 Å². The van der Waals surface area contributed by atoms with Crippen LogP contribution in [0.15, 0.2) is 66.7 Å². The normalized spacial score (nSPS) is 12.1. The molecule has 1 atom stereocenters. The van der Waals surface area contributed by atoms with Crippen LogP contribution in [0.1, 0.15) is 16.7 Å². The van der Waals surface area contributed by atoms with Crippen molar-refractivity contribution in [3.8, 4) is 0 Å². The third-order valence-corrected chi connectivity index (χ3v) is 5.51. The quantitative estimate of drug-likeness (QED) is 0.607. The minimum Gasteiger partial charge on any atom is -0.338 e. The predicted molar refractivity (Wildman–Crippen MR) is 121 cm³/mol. The zero-order chi connectivity index (χ0) is 20.6. The van der Waals surface area contributed by atoms with Gasteiger partial charge in [-0.05, 0) is 61.3 Å². The summed E-state index contributed by atoms with van der Waals surface area (Å²) in [6.45, 7) is 3.34. The molecular formula is C25H31N3O. The third-order valence-electron chi connectivity index (χ3n) is 5.51. The van der Waals surface area contributed by atoms with Crippen LogP contribution in [0.3, 0.4) is 0 Å². The molecule has 0 unspecified atom stereocenters. The monoisotopic (exact) mass is 389 g/mol. The van der Waals surface area contributed by atoms with Gasteiger partial charge >= 0.3 is 6.03 Å². The largest absolute Gasteiger partial charge is 0.338 e. The molecule has 4 nitrogen and oxygen atoms in total. The van der Waals surface area contributed by atoms with Crippen molar-refractivity contribution in [1.82, 2.24) is 15.5 Å². The van der Waals surface area contributed by atoms with Crippen molar-refractivity contribution < 1.29 is 4.79 Å². The number of benzene rings is 3. The standard InChI is InChI=1S/C25H31N3O/c1-19-9-4-5-10-20(19)15-16-26-25(29)27-18-23(28(2)3)17-22-13-8-12-21-11-6-7-14-24(21)22/h4-14,23H,15-18H2,1-3H3,(H2,26,27,29)/t23-/m0/s1. The molecule has 0 saturated heterocycles. The predicted octanol–water partition coefficient (Wildman–Crippen LogP) is 4.16. The molecular weight excluding hydrogens is 358 g/mol. The van der Waals surface area contributed by atoms with Gasteiger partial charge in [0.2, 0.25) is 0 Å². The lowest BCUT2D eigenvalue weighted by molar-refractivity contribution is 0.232. The lowest BCUT2D eigenvalue weighted by Crippen LogP contribution is -2.45. The number of carbonyl (C=O) groups is 1. The van der Waals surface area contributed by atoms with Crippen molar-refractivity contribution in [3.05, 3.63) is 83.4 Å². The molecule has 0 aliphatic rings. The molecule has 0 heterocycles. The van der Waals surface area contributed by atoms with Gasteiger partial charge in [0.05, 0.1) is 0 Å². The molecule has 0 spiro atoms. The lowest BCUT2D eigenvalue weighted by Gasteiger charge is -2.25. The molecule has 0 aliphatic heterocycles. The molecule has 3 aromatic carbocycles. The first kappa shape index (κ1) is 20.9. The van der Waals surface area contributed by atoms with Crippen LogP contribution in [0.4, 0.5) is 4.79 Å². The summed E-state index contributed by atoms with van der Waals surface area (Å²) in [4.78, 5) is 14.4. The number of aryl methyl sites for hydroxylation is 1. The first-order valence-electron chi connectivity index (χ1n) is 10.2. The van der Waals surface area contributed by atoms with E-state index in [1.807, 2.05) is 12.1 Å². The number of hydrogen-bond acceptors (Lipinski definition) is 2. The minimum atomic E-state index is -0.108. The lowest BCUT2D eigenvalue weighted by atomic mass is 9.98. The Labute approximate surface area is 173 Å². The number of hydrogen-bond donors (Lipinski definition) is 2. The highest BCUT2D eigenvalue weighted by atomic mass is 16.2. The molecule has 3 rings (SSSR count). The smallest absolute Gasteiger partial charge is 0.314 e. The van der Waals surface area contributed by atoms with E-state index in [0.29, 0.717) is 13.1 Å². The van der Waals surface area contributed by atoms with E-state index in [1.54, 1.807) is 0 Å². The van der Waals surface area contributed by atoms with Crippen LogP contribution in [-0.2, 0) is 12.8 Å². The van der Waals surface area contributed by atoms with Crippen LogP contribution in [0.25, 0.3) is 10.8 Å². The van der Waals surface area contributed by atoms with Gasteiger partial charge < -0.3 is 15.5 Å². The number of nitrogens with one attached hydrogen (secondary N) is 2. The zero-order valence-corrected chi connectivity index (χ0v) is 17.6. The summed E-state index contributed by atoms with van der Waals surface area (Å²) in [7, 11) is 4.13. The van der Waals surface area contributed by atoms with Crippen molar-refractivity contribution in [2.24, 2.45) is 0 Å². The molecule has 2 N–H and O–H groups in total. The first-order chi connectivity index (χ1) is 14.0. The molecule has 0 bridgehead atoms. The molecule has 4 heteroatoms. The molecule has 0 radical (unpaired) electrons. The second-order valence-corrected chi connectivity index (χ2v) is 7.77. The van der Waals surface area contributed by atoms with Gasteiger partial charge in [0.15, 0.2) is 0 Å². The first-order valence-corrected chi connectivity index (χ1v) is 10.2. The second kappa shape index (κ2) is 10.1. The average Bonchev–Trinajstić information content (AvgIpc) is 2.72. The third kappa shape index (κ3) is 5.81. The highest BCUT2D eigenvalue weighted by Crippen LogP contribution is 2.20. The number of fused-ring (bicyclic) bond motifs is 1. The van der Waals surface area contributed by atoms with Crippen LogP contribution in [0, 0.1) is 6.92 Å². The maximum Gasteiger partial charge on any atom is 0.314 e. The summed E-state index contributed by atoms with van der Waals surface area (Å²) in [5.74, 6) is 0. The van der Waals surface area contributed by atoms with Crippen molar-refractivity contribution >= 4 is 16.8 Å². The van der Waals surface area contributed by atoms with Gasteiger partial charge in [-0.3, -0.25) is 0 Å². The Kier molecular flexibility index (Phi) is 7.25. The van der Waals surface area contributed by atoms with Crippen LogP contribution in [-0.4, -0.2) is 44.2 Å². The van der Waals surface area contributed by atoms with E-state index in [1.165, 1.54) is 27.5 Å². The van der Waals surface area contributed by atoms with Crippen molar-refractivity contribution in [3.63, 3.8) is 0 Å². The van der Waals surface area contributed by atoms with Gasteiger partial charge in [-0.15, -0.1) is 0 Å². The van der Waals surface area contributed by atoms with Crippen molar-refractivity contribution in [2.45, 2.75) is 25.8 Å². The highest BCUT2D eigenvalue weighted by molar-refractivity contribution is 5.85. The Bertz CT molecular complexity index is 946. The SMILES string of the molecule is Cc1ccccc1CCNC(=O)NC[C@H](Cc1cccc2ccccc12)N(C)C. The van der Waals surface area contributed by atoms with Crippen molar-refractivity contribution in [2.75, 3.05) is 27.2 Å². The van der Waals surface area contributed by atoms with Gasteiger partial charge in [0.25, 0.3) is 0 Å². The topological polar surface area (TPSA) is 44.4 Å². The number of carbonyl (C=O) groups excluding carboxylic acids is 1. The summed E-state index contributed by atoms with van der Waals surface area (Å²) in [6, 6.07) is 23.3. The Morgan fingerprint density at radius 2 is 1.59 bits per heavy atom. The fraction of sp³-hybridized carbons (Fsp3) is 0.320. The molecule has 2 amide bonds. The summed E-state index contributed by atoms with van der Waals surface area (Å²) in [5, 5.41) is 8.56. The Morgan fingerprint density at radius 1 is 0.897 bits per heavy atom. The fourth-order valence-corrected chi connectivity index (χ4v) is 3.64. The maximum atomic E-state index is 12.3. The van der Waals surface area contributed by atoms with E-state index >= 15 is 0 Å². The van der Waals surface area contributed by atoms with Gasteiger partial charge in [0, 0.05) is 19.1 Å². The average molecular weight is 390 g/mol. The van der Waals surface area contributed by atoms with Crippen LogP contribution in [0.5, 0.6) is 0 Å². The highest BCUT2D eigenvalue weighted by Gasteiger charge is 2.15. The number of urea groups is 1. The summed E-state index contributed by atoms with van der Waals surface area (Å²) < 4.78 is 0. The van der Waals surface area contributed by atoms with E-state index in [2.05, 4.69) is 91.1 Å². The summed E-state index contributed by atoms with van der Waals surface area (Å²) >= 11 is 0. The molecule has 3 aromatic rings. The molecule has 0 aliphatic carbocycles. The number of likely N-dealkylation sites (N-methyl/N-ethyl adjacent to an activating group) is 1. The van der Waals surface area contributed by atoms with Gasteiger partial charge in [-0.1, -0.05) is 66.7 Å². The van der Waals surface area contributed by atoms with Gasteiger partial charge in [-0.2, -0.15) is 0 Å². The number of rotatable bonds is 8. The molecule has 0 fully saturated rings. The van der Waals surface area contributed by atoms with E-state index in [9.17, 15) is 4.79 Å². The fourth-order valence-electron chi connectivity index (χ4n) is 3.64. The molecule has 0 saturated carbocycles. The summed E-state index contributed by atoms with van der Waals surface area (Å²) in [6.07, 6.45) is 1.73. The van der Waals surface area contributed by atoms with Gasteiger partial charge in [0.1, 0.15) is 0 Å². The molecule has 0 aromatic heterocycles. The number of amides is 2. The molecule has 152 valence electrons. The van der Waals surface area contributed by atoms with E-state index < -0.39 is 0 Å². The van der Waals surface area contributed by atoms with E-state index in [4.69, 9.17) is 0 Å². The second-order valence-electron chi connectivity index (χ2n) is 7.77. The van der Waals surface area contributed by atoms with Crippen molar-refractivity contribution in [1.29, 1.82) is 0 Å². The maximum absolute atomic E-state index is 12.3. The Balaban J connectivity index is 1.52. The van der Waals surface area contributed by atoms with E-state index in [0.717, 1.165) is 12.8 Å². The van der Waals surface area contributed by atoms with Crippen LogP contribution in [0.2, 0.25) is 0 Å². The van der Waals surface area contributed by atoms with Gasteiger partial charge in [-0.25, -0.2) is 4.79 Å².